The Kier molecular flexibility index (Phi) is 1.65. The third-order valence-corrected chi connectivity index (χ3v) is 1.91. The van der Waals surface area contributed by atoms with Gasteiger partial charge in [-0.2, -0.15) is 4.98 Å². The van der Waals surface area contributed by atoms with Crippen LogP contribution in [-0.4, -0.2) is 19.5 Å². The van der Waals surface area contributed by atoms with E-state index in [4.69, 9.17) is 5.73 Å². The summed E-state index contributed by atoms with van der Waals surface area (Å²) in [5.74, 6) is 0.265. The van der Waals surface area contributed by atoms with Crippen LogP contribution in [0, 0.1) is 0 Å². The number of fused-ring (bicyclic) bond motifs is 1. The van der Waals surface area contributed by atoms with Gasteiger partial charge in [0, 0.05) is 6.04 Å². The zero-order valence-electron chi connectivity index (χ0n) is 7.60. The zero-order valence-corrected chi connectivity index (χ0v) is 7.60. The first-order valence-electron chi connectivity index (χ1n) is 4.13. The summed E-state index contributed by atoms with van der Waals surface area (Å²) in [5.41, 5.74) is 7.01. The van der Waals surface area contributed by atoms with Gasteiger partial charge in [-0.05, 0) is 13.8 Å². The van der Waals surface area contributed by atoms with Gasteiger partial charge < -0.3 is 10.3 Å². The number of rotatable bonds is 1. The molecule has 0 atom stereocenters. The smallest absolute Gasteiger partial charge is 0.222 e. The van der Waals surface area contributed by atoms with Crippen molar-refractivity contribution in [3.8, 4) is 0 Å². The molecule has 0 aromatic carbocycles. The monoisotopic (exact) mass is 177 g/mol. The number of imidazole rings is 1. The van der Waals surface area contributed by atoms with Gasteiger partial charge in [-0.25, -0.2) is 9.97 Å². The molecule has 2 aromatic heterocycles. The summed E-state index contributed by atoms with van der Waals surface area (Å²) >= 11 is 0. The number of aromatic nitrogens is 4. The highest BCUT2D eigenvalue weighted by molar-refractivity contribution is 5.70. The molecule has 0 fully saturated rings. The molecule has 2 N–H and O–H groups in total. The first-order valence-corrected chi connectivity index (χ1v) is 4.13. The second-order valence-corrected chi connectivity index (χ2v) is 3.18. The minimum atomic E-state index is 0.265. The van der Waals surface area contributed by atoms with Crippen LogP contribution in [0.25, 0.3) is 11.2 Å². The normalized spacial score (nSPS) is 11.3. The summed E-state index contributed by atoms with van der Waals surface area (Å²) in [5, 5.41) is 0. The topological polar surface area (TPSA) is 69.6 Å². The molecule has 0 radical (unpaired) electrons. The van der Waals surface area contributed by atoms with E-state index < -0.39 is 0 Å². The fourth-order valence-electron chi connectivity index (χ4n) is 1.25. The summed E-state index contributed by atoms with van der Waals surface area (Å²) < 4.78 is 2.01. The molecule has 2 aromatic rings. The predicted molar refractivity (Wildman–Crippen MR) is 50.1 cm³/mol. The molecule has 0 saturated carbocycles. The molecule has 0 aliphatic rings. The fourth-order valence-corrected chi connectivity index (χ4v) is 1.25. The molecule has 0 unspecified atom stereocenters. The second kappa shape index (κ2) is 2.69. The minimum Gasteiger partial charge on any atom is -0.368 e. The lowest BCUT2D eigenvalue weighted by Crippen LogP contribution is -2.00. The molecular formula is C8H11N5. The zero-order chi connectivity index (χ0) is 9.42. The van der Waals surface area contributed by atoms with E-state index in [9.17, 15) is 0 Å². The van der Waals surface area contributed by atoms with E-state index in [1.54, 1.807) is 12.5 Å². The SMILES string of the molecule is CC(C)n1cnc2nc(N)ncc21. The van der Waals surface area contributed by atoms with Crippen LogP contribution in [0.4, 0.5) is 5.95 Å². The van der Waals surface area contributed by atoms with Crippen LogP contribution in [0.15, 0.2) is 12.5 Å². The van der Waals surface area contributed by atoms with Crippen LogP contribution >= 0.6 is 0 Å². The van der Waals surface area contributed by atoms with Crippen molar-refractivity contribution in [1.29, 1.82) is 0 Å². The van der Waals surface area contributed by atoms with Crippen LogP contribution in [0.5, 0.6) is 0 Å². The number of anilines is 1. The van der Waals surface area contributed by atoms with Crippen LogP contribution in [-0.2, 0) is 0 Å². The molecule has 0 aliphatic carbocycles. The number of nitrogens with two attached hydrogens (primary N) is 1. The Morgan fingerprint density at radius 1 is 1.38 bits per heavy atom. The molecule has 2 rings (SSSR count). The molecule has 0 bridgehead atoms. The highest BCUT2D eigenvalue weighted by atomic mass is 15.1. The Hall–Kier alpha value is -1.65. The third-order valence-electron chi connectivity index (χ3n) is 1.91. The largest absolute Gasteiger partial charge is 0.368 e. The average molecular weight is 177 g/mol. The van der Waals surface area contributed by atoms with Crippen molar-refractivity contribution in [2.45, 2.75) is 19.9 Å². The maximum atomic E-state index is 5.44. The van der Waals surface area contributed by atoms with Gasteiger partial charge >= 0.3 is 0 Å². The van der Waals surface area contributed by atoms with Gasteiger partial charge in [0.15, 0.2) is 5.65 Å². The van der Waals surface area contributed by atoms with Gasteiger partial charge in [-0.15, -0.1) is 0 Å². The van der Waals surface area contributed by atoms with Crippen molar-refractivity contribution in [2.24, 2.45) is 0 Å². The number of hydrogen-bond acceptors (Lipinski definition) is 4. The maximum Gasteiger partial charge on any atom is 0.222 e. The second-order valence-electron chi connectivity index (χ2n) is 3.18. The van der Waals surface area contributed by atoms with Crippen LogP contribution < -0.4 is 5.73 Å². The van der Waals surface area contributed by atoms with Crippen molar-refractivity contribution < 1.29 is 0 Å². The molecule has 13 heavy (non-hydrogen) atoms. The van der Waals surface area contributed by atoms with Gasteiger partial charge in [0.25, 0.3) is 0 Å². The van der Waals surface area contributed by atoms with Crippen molar-refractivity contribution in [3.63, 3.8) is 0 Å². The first-order chi connectivity index (χ1) is 6.18. The molecule has 5 heteroatoms. The molecule has 0 aliphatic heterocycles. The molecule has 68 valence electrons. The van der Waals surface area contributed by atoms with Crippen molar-refractivity contribution in [3.05, 3.63) is 12.5 Å². The minimum absolute atomic E-state index is 0.265. The summed E-state index contributed by atoms with van der Waals surface area (Å²) in [6.45, 7) is 4.16. The Morgan fingerprint density at radius 3 is 2.85 bits per heavy atom. The van der Waals surface area contributed by atoms with Gasteiger partial charge in [0.2, 0.25) is 5.95 Å². The summed E-state index contributed by atoms with van der Waals surface area (Å²) in [7, 11) is 0. The fraction of sp³-hybridized carbons (Fsp3) is 0.375. The van der Waals surface area contributed by atoms with Gasteiger partial charge in [-0.3, -0.25) is 0 Å². The van der Waals surface area contributed by atoms with Crippen molar-refractivity contribution in [1.82, 2.24) is 19.5 Å². The number of hydrogen-bond donors (Lipinski definition) is 1. The average Bonchev–Trinajstić information content (AvgIpc) is 2.46. The summed E-state index contributed by atoms with van der Waals surface area (Å²) in [4.78, 5) is 12.1. The lowest BCUT2D eigenvalue weighted by Gasteiger charge is -2.06. The maximum absolute atomic E-state index is 5.44. The number of nitrogens with zero attached hydrogens (tertiary/aromatic N) is 4. The van der Waals surface area contributed by atoms with Crippen LogP contribution in [0.2, 0.25) is 0 Å². The lowest BCUT2D eigenvalue weighted by molar-refractivity contribution is 0.617. The third kappa shape index (κ3) is 1.22. The Balaban J connectivity index is 2.69. The van der Waals surface area contributed by atoms with Gasteiger partial charge in [0.05, 0.1) is 12.5 Å². The van der Waals surface area contributed by atoms with E-state index >= 15 is 0 Å². The van der Waals surface area contributed by atoms with E-state index in [0.29, 0.717) is 11.7 Å². The number of nitrogen functional groups attached to an aromatic ring is 1. The highest BCUT2D eigenvalue weighted by Gasteiger charge is 2.06. The Bertz CT molecular complexity index is 431. The van der Waals surface area contributed by atoms with Crippen molar-refractivity contribution in [2.75, 3.05) is 5.73 Å². The summed E-state index contributed by atoms with van der Waals surface area (Å²) in [6.07, 6.45) is 3.45. The molecule has 2 heterocycles. The van der Waals surface area contributed by atoms with Crippen LogP contribution in [0.1, 0.15) is 19.9 Å². The summed E-state index contributed by atoms with van der Waals surface area (Å²) in [6, 6.07) is 0.359. The van der Waals surface area contributed by atoms with Gasteiger partial charge in [-0.1, -0.05) is 0 Å². The first kappa shape index (κ1) is 7.97. The molecule has 5 nitrogen and oxygen atoms in total. The quantitative estimate of drug-likeness (QED) is 0.705. The van der Waals surface area contributed by atoms with E-state index in [1.807, 2.05) is 4.57 Å². The van der Waals surface area contributed by atoms with Crippen molar-refractivity contribution >= 4 is 17.1 Å². The Morgan fingerprint density at radius 2 is 2.15 bits per heavy atom. The van der Waals surface area contributed by atoms with Crippen LogP contribution in [0.3, 0.4) is 0 Å². The molecule has 0 spiro atoms. The molecule has 0 saturated heterocycles. The Labute approximate surface area is 75.6 Å². The van der Waals surface area contributed by atoms with E-state index in [2.05, 4.69) is 28.8 Å². The molecular weight excluding hydrogens is 166 g/mol. The highest BCUT2D eigenvalue weighted by Crippen LogP contribution is 2.14. The lowest BCUT2D eigenvalue weighted by atomic mass is 10.4. The van der Waals surface area contributed by atoms with E-state index in [-0.39, 0.29) is 5.95 Å². The standard InChI is InChI=1S/C8H11N5/c1-5(2)13-4-11-7-6(13)3-10-8(9)12-7/h3-5H,1-2H3,(H2,9,10,12). The van der Waals surface area contributed by atoms with E-state index in [0.717, 1.165) is 5.52 Å². The van der Waals surface area contributed by atoms with E-state index in [1.165, 1.54) is 0 Å². The molecule has 0 amide bonds. The van der Waals surface area contributed by atoms with Gasteiger partial charge in [0.1, 0.15) is 5.52 Å². The predicted octanol–water partition coefficient (Wildman–Crippen LogP) is 0.989.